The van der Waals surface area contributed by atoms with Crippen LogP contribution >= 0.6 is 0 Å². The number of piperidine rings is 1. The minimum atomic E-state index is -0.677. The van der Waals surface area contributed by atoms with E-state index in [1.807, 2.05) is 30.9 Å². The summed E-state index contributed by atoms with van der Waals surface area (Å²) in [6.45, 7) is 4.96. The maximum atomic E-state index is 13.4. The van der Waals surface area contributed by atoms with Crippen LogP contribution in [0, 0.1) is 17.7 Å². The lowest BCUT2D eigenvalue weighted by atomic mass is 9.97. The lowest BCUT2D eigenvalue weighted by Gasteiger charge is -2.22. The minimum Gasteiger partial charge on any atom is -0.474 e. The Balaban J connectivity index is 1.16. The number of oxazole rings is 1. The van der Waals surface area contributed by atoms with Crippen molar-refractivity contribution in [2.75, 3.05) is 13.1 Å². The number of ether oxygens (including phenoxy) is 1. The van der Waals surface area contributed by atoms with E-state index in [9.17, 15) is 9.18 Å². The molecule has 1 saturated carbocycles. The lowest BCUT2D eigenvalue weighted by molar-refractivity contribution is 0.0740. The standard InChI is InChI=1S/C27H27FN6O3/c1-27(2,29)22-10-16(15-4-6-17(28)7-5-15)11-23(31-22)37-24-18-13-34(14-19(18)24)26(35)21-12-20(32-33(21)3)25-30-8-9-36-25/h4-12,18-19,24H,13-14,29H2,1-3H3/t18-,19+,24?. The molecule has 2 fully saturated rings. The van der Waals surface area contributed by atoms with Crippen molar-refractivity contribution in [3.63, 3.8) is 0 Å². The van der Waals surface area contributed by atoms with Gasteiger partial charge in [0.2, 0.25) is 11.8 Å². The van der Waals surface area contributed by atoms with Crippen LogP contribution in [0.3, 0.4) is 0 Å². The van der Waals surface area contributed by atoms with E-state index in [1.165, 1.54) is 18.4 Å². The SMILES string of the molecule is Cn1nc(-c2ncco2)cc1C(=O)N1C[C@@H]2C(Oc3cc(-c4ccc(F)cc4)cc(C(C)(C)N)n3)[C@@H]2C1. The highest BCUT2D eigenvalue weighted by molar-refractivity contribution is 5.93. The average molecular weight is 503 g/mol. The summed E-state index contributed by atoms with van der Waals surface area (Å²) in [5, 5.41) is 4.36. The molecular formula is C27H27FN6O3. The Bertz CT molecular complexity index is 1450. The summed E-state index contributed by atoms with van der Waals surface area (Å²) in [7, 11) is 1.73. The zero-order valence-electron chi connectivity index (χ0n) is 20.8. The van der Waals surface area contributed by atoms with Gasteiger partial charge < -0.3 is 19.8 Å². The summed E-state index contributed by atoms with van der Waals surface area (Å²) >= 11 is 0. The van der Waals surface area contributed by atoms with Crippen LogP contribution in [0.4, 0.5) is 4.39 Å². The molecule has 3 aromatic heterocycles. The molecule has 9 nitrogen and oxygen atoms in total. The molecule has 1 amide bonds. The minimum absolute atomic E-state index is 0.0248. The van der Waals surface area contributed by atoms with Crippen LogP contribution in [0.25, 0.3) is 22.7 Å². The number of hydrogen-bond acceptors (Lipinski definition) is 7. The Hall–Kier alpha value is -4.05. The van der Waals surface area contributed by atoms with Gasteiger partial charge in [-0.15, -0.1) is 0 Å². The predicted octanol–water partition coefficient (Wildman–Crippen LogP) is 3.62. The number of aromatic nitrogens is 4. The fourth-order valence-corrected chi connectivity index (χ4v) is 4.94. The largest absolute Gasteiger partial charge is 0.474 e. The van der Waals surface area contributed by atoms with Crippen LogP contribution in [0.5, 0.6) is 5.88 Å². The van der Waals surface area contributed by atoms with Crippen LogP contribution in [0.2, 0.25) is 0 Å². The fourth-order valence-electron chi connectivity index (χ4n) is 4.94. The van der Waals surface area contributed by atoms with E-state index in [1.54, 1.807) is 36.1 Å². The number of pyridine rings is 1. The smallest absolute Gasteiger partial charge is 0.272 e. The molecule has 1 aliphatic carbocycles. The molecule has 10 heteroatoms. The maximum Gasteiger partial charge on any atom is 0.272 e. The third kappa shape index (κ3) is 4.37. The normalized spacial score (nSPS) is 20.7. The highest BCUT2D eigenvalue weighted by Crippen LogP contribution is 2.48. The maximum absolute atomic E-state index is 13.4. The number of likely N-dealkylation sites (tertiary alicyclic amines) is 1. The summed E-state index contributed by atoms with van der Waals surface area (Å²) in [5.74, 6) is 0.946. The second-order valence-corrected chi connectivity index (χ2v) is 10.3. The first-order valence-corrected chi connectivity index (χ1v) is 12.1. The van der Waals surface area contributed by atoms with E-state index >= 15 is 0 Å². The Kier molecular flexibility index (Phi) is 5.38. The van der Waals surface area contributed by atoms with Gasteiger partial charge in [-0.25, -0.2) is 14.4 Å². The lowest BCUT2D eigenvalue weighted by Crippen LogP contribution is -2.34. The summed E-state index contributed by atoms with van der Waals surface area (Å²) in [6.07, 6.45) is 2.99. The molecule has 0 spiro atoms. The molecule has 1 unspecified atom stereocenters. The quantitative estimate of drug-likeness (QED) is 0.429. The average Bonchev–Trinajstić information content (AvgIpc) is 3.36. The van der Waals surface area contributed by atoms with Crippen molar-refractivity contribution in [3.05, 3.63) is 72.1 Å². The van der Waals surface area contributed by atoms with Crippen molar-refractivity contribution in [2.45, 2.75) is 25.5 Å². The zero-order valence-corrected chi connectivity index (χ0v) is 20.8. The summed E-state index contributed by atoms with van der Waals surface area (Å²) in [6, 6.07) is 11.8. The Morgan fingerprint density at radius 3 is 2.51 bits per heavy atom. The van der Waals surface area contributed by atoms with E-state index in [0.29, 0.717) is 41.9 Å². The number of aryl methyl sites for hydroxylation is 1. The van der Waals surface area contributed by atoms with Gasteiger partial charge in [-0.1, -0.05) is 12.1 Å². The number of carbonyl (C=O) groups is 1. The predicted molar refractivity (Wildman–Crippen MR) is 133 cm³/mol. The number of nitrogens with zero attached hydrogens (tertiary/aromatic N) is 5. The molecule has 3 atom stereocenters. The van der Waals surface area contributed by atoms with Crippen LogP contribution in [0.15, 0.2) is 59.3 Å². The number of nitrogens with two attached hydrogens (primary N) is 1. The topological polar surface area (TPSA) is 112 Å². The van der Waals surface area contributed by atoms with Gasteiger partial charge in [0.15, 0.2) is 0 Å². The van der Waals surface area contributed by atoms with Crippen molar-refractivity contribution >= 4 is 5.91 Å². The highest BCUT2D eigenvalue weighted by Gasteiger charge is 2.59. The zero-order chi connectivity index (χ0) is 25.9. The molecule has 6 rings (SSSR count). The molecule has 4 heterocycles. The number of hydrogen-bond donors (Lipinski definition) is 1. The Labute approximate surface area is 213 Å². The van der Waals surface area contributed by atoms with Gasteiger partial charge in [0.25, 0.3) is 5.91 Å². The Morgan fingerprint density at radius 1 is 1.14 bits per heavy atom. The molecule has 4 aromatic rings. The van der Waals surface area contributed by atoms with E-state index in [4.69, 9.17) is 14.9 Å². The van der Waals surface area contributed by atoms with E-state index < -0.39 is 5.54 Å². The molecule has 37 heavy (non-hydrogen) atoms. The summed E-state index contributed by atoms with van der Waals surface area (Å²) in [5.41, 5.74) is 9.07. The van der Waals surface area contributed by atoms with Gasteiger partial charge in [0.1, 0.15) is 29.6 Å². The monoisotopic (exact) mass is 502 g/mol. The van der Waals surface area contributed by atoms with Crippen LogP contribution < -0.4 is 10.5 Å². The van der Waals surface area contributed by atoms with Crippen LogP contribution in [0.1, 0.15) is 30.0 Å². The van der Waals surface area contributed by atoms with Gasteiger partial charge in [-0.2, -0.15) is 5.10 Å². The first-order valence-electron chi connectivity index (χ1n) is 12.1. The molecule has 2 aliphatic rings. The van der Waals surface area contributed by atoms with Crippen LogP contribution in [-0.2, 0) is 12.6 Å². The molecule has 0 radical (unpaired) electrons. The van der Waals surface area contributed by atoms with Crippen LogP contribution in [-0.4, -0.2) is 49.7 Å². The first kappa shape index (κ1) is 23.4. The molecule has 1 aliphatic heterocycles. The number of halogens is 1. The fraction of sp³-hybridized carbons (Fsp3) is 0.333. The second kappa shape index (κ2) is 8.52. The first-order chi connectivity index (χ1) is 17.7. The summed E-state index contributed by atoms with van der Waals surface area (Å²) in [4.78, 5) is 23.8. The third-order valence-corrected chi connectivity index (χ3v) is 7.05. The van der Waals surface area contributed by atoms with Gasteiger partial charge in [0.05, 0.1) is 17.4 Å². The van der Waals surface area contributed by atoms with Gasteiger partial charge >= 0.3 is 0 Å². The van der Waals surface area contributed by atoms with Gasteiger partial charge in [0, 0.05) is 44.1 Å². The summed E-state index contributed by atoms with van der Waals surface area (Å²) < 4.78 is 26.6. The second-order valence-electron chi connectivity index (χ2n) is 10.3. The molecule has 2 N–H and O–H groups in total. The number of benzene rings is 1. The Morgan fingerprint density at radius 2 is 1.86 bits per heavy atom. The molecule has 1 aromatic carbocycles. The molecule has 190 valence electrons. The van der Waals surface area contributed by atoms with E-state index in [2.05, 4.69) is 15.1 Å². The van der Waals surface area contributed by atoms with Crippen molar-refractivity contribution in [1.29, 1.82) is 0 Å². The van der Waals surface area contributed by atoms with Crippen molar-refractivity contribution < 1.29 is 18.3 Å². The highest BCUT2D eigenvalue weighted by atomic mass is 19.1. The number of rotatable bonds is 6. The van der Waals surface area contributed by atoms with Crippen molar-refractivity contribution in [3.8, 4) is 28.6 Å². The number of fused-ring (bicyclic) bond motifs is 1. The van der Waals surface area contributed by atoms with E-state index in [0.717, 1.165) is 11.1 Å². The number of amides is 1. The van der Waals surface area contributed by atoms with E-state index in [-0.39, 0.29) is 29.7 Å². The van der Waals surface area contributed by atoms with Crippen molar-refractivity contribution in [2.24, 2.45) is 24.6 Å². The van der Waals surface area contributed by atoms with Gasteiger partial charge in [-0.05, 0) is 43.2 Å². The van der Waals surface area contributed by atoms with Gasteiger partial charge in [-0.3, -0.25) is 9.48 Å². The van der Waals surface area contributed by atoms with Crippen molar-refractivity contribution in [1.82, 2.24) is 24.6 Å². The molecule has 1 saturated heterocycles. The number of carbonyl (C=O) groups excluding carboxylic acids is 1. The molecular weight excluding hydrogens is 475 g/mol. The molecule has 0 bridgehead atoms. The third-order valence-electron chi connectivity index (χ3n) is 7.05.